The molecule has 0 radical (unpaired) electrons. The minimum atomic E-state index is -1.59. The molecule has 7 atom stereocenters. The Morgan fingerprint density at radius 3 is 1.37 bits per heavy atom. The van der Waals surface area contributed by atoms with E-state index in [4.69, 9.17) is 9.47 Å². The van der Waals surface area contributed by atoms with E-state index in [2.05, 4.69) is 129 Å². The summed E-state index contributed by atoms with van der Waals surface area (Å²) in [6.07, 6.45) is 66.9. The fraction of sp³-hybridized carbons (Fsp3) is 0.656. The van der Waals surface area contributed by atoms with Gasteiger partial charge in [0.2, 0.25) is 5.91 Å². The molecule has 0 spiro atoms. The van der Waals surface area contributed by atoms with Crippen molar-refractivity contribution in [1.82, 2.24) is 5.32 Å². The number of aliphatic hydroxyl groups excluding tert-OH is 5. The van der Waals surface area contributed by atoms with Crippen molar-refractivity contribution in [1.29, 1.82) is 0 Å². The molecule has 0 aromatic carbocycles. The molecule has 7 unspecified atom stereocenters. The van der Waals surface area contributed by atoms with Crippen LogP contribution in [0.25, 0.3) is 0 Å². The first-order valence-electron chi connectivity index (χ1n) is 27.8. The Kier molecular flexibility index (Phi) is 45.4. The molecule has 0 aromatic heterocycles. The second-order valence-electron chi connectivity index (χ2n) is 18.6. The maximum Gasteiger partial charge on any atom is 0.220 e. The largest absolute Gasteiger partial charge is 0.394 e. The number of rotatable bonds is 45. The molecule has 9 heteroatoms. The summed E-state index contributed by atoms with van der Waals surface area (Å²) in [5.41, 5.74) is 0. The molecule has 6 N–H and O–H groups in total. The Morgan fingerprint density at radius 1 is 0.500 bits per heavy atom. The van der Waals surface area contributed by atoms with Crippen molar-refractivity contribution in [2.75, 3.05) is 13.2 Å². The molecular formula is C61H101NO8. The van der Waals surface area contributed by atoms with Crippen LogP contribution in [0.3, 0.4) is 0 Å². The standard InChI is InChI=1S/C61H101NO8/c1-3-5-7-9-11-13-15-17-19-21-23-25-27-29-30-32-34-36-38-40-42-44-46-48-50-55(64)54(53-69-61-60(68)59(67)58(66)56(52-63)70-61)62-57(65)51-49-47-45-43-41-39-37-35-33-31-28-26-24-22-20-18-16-14-12-10-8-6-4-2/h6,8,12,14,18,20,24,26,31-34,37,39-40,42-43,45,48,50,54-56,58-61,63-64,66-68H,3-5,7,9-11,13,15-17,19,21-23,25,27-30,35-36,38,41,44,46-47,49,51-53H2,1-2H3,(H,62,65)/b8-6-,14-12-,20-18-,26-24-,33-31-,34-32+,39-37-,42-40+,45-43-,50-48+. The second kappa shape index (κ2) is 49.2. The number of hydrogen-bond acceptors (Lipinski definition) is 8. The van der Waals surface area contributed by atoms with Crippen molar-refractivity contribution in [3.63, 3.8) is 0 Å². The zero-order valence-electron chi connectivity index (χ0n) is 44.0. The molecule has 0 saturated carbocycles. The van der Waals surface area contributed by atoms with Crippen LogP contribution in [0.5, 0.6) is 0 Å². The minimum Gasteiger partial charge on any atom is -0.394 e. The van der Waals surface area contributed by atoms with Crippen LogP contribution in [0, 0.1) is 0 Å². The van der Waals surface area contributed by atoms with Gasteiger partial charge in [0.25, 0.3) is 0 Å². The van der Waals surface area contributed by atoms with E-state index in [1.54, 1.807) is 6.08 Å². The van der Waals surface area contributed by atoms with Crippen LogP contribution >= 0.6 is 0 Å². The number of ether oxygens (including phenoxy) is 2. The normalized spacial score (nSPS) is 20.4. The number of nitrogens with one attached hydrogen (secondary N) is 1. The van der Waals surface area contributed by atoms with Gasteiger partial charge in [-0.05, 0) is 96.3 Å². The molecule has 1 fully saturated rings. The van der Waals surface area contributed by atoms with Crippen molar-refractivity contribution in [2.24, 2.45) is 0 Å². The number of allylic oxidation sites excluding steroid dienone is 19. The summed E-state index contributed by atoms with van der Waals surface area (Å²) >= 11 is 0. The Morgan fingerprint density at radius 2 is 0.900 bits per heavy atom. The van der Waals surface area contributed by atoms with Crippen LogP contribution in [-0.2, 0) is 14.3 Å². The van der Waals surface area contributed by atoms with Gasteiger partial charge in [0.1, 0.15) is 24.4 Å². The highest BCUT2D eigenvalue weighted by Gasteiger charge is 2.44. The van der Waals surface area contributed by atoms with Crippen LogP contribution in [0.4, 0.5) is 0 Å². The highest BCUT2D eigenvalue weighted by molar-refractivity contribution is 5.76. The number of carbonyl (C=O) groups is 1. The van der Waals surface area contributed by atoms with E-state index in [0.29, 0.717) is 12.8 Å². The SMILES string of the molecule is CC/C=C\C/C=C\C/C=C\C/C=C\C/C=C\C/C=C\C/C=C\CCCC(=O)NC(COC1OC(CO)C(O)C(O)C1O)C(O)/C=C/CC/C=C/CC/C=C/CCCCCCCCCCCCCCCC. The number of amides is 1. The fourth-order valence-corrected chi connectivity index (χ4v) is 7.88. The number of unbranched alkanes of at least 4 members (excludes halogenated alkanes) is 17. The van der Waals surface area contributed by atoms with Gasteiger partial charge < -0.3 is 40.3 Å². The maximum absolute atomic E-state index is 13.0. The second-order valence-corrected chi connectivity index (χ2v) is 18.6. The number of aliphatic hydroxyl groups is 5. The highest BCUT2D eigenvalue weighted by atomic mass is 16.7. The van der Waals surface area contributed by atoms with E-state index in [-0.39, 0.29) is 18.9 Å². The van der Waals surface area contributed by atoms with E-state index < -0.39 is 49.5 Å². The lowest BCUT2D eigenvalue weighted by atomic mass is 9.99. The lowest BCUT2D eigenvalue weighted by molar-refractivity contribution is -0.302. The van der Waals surface area contributed by atoms with Gasteiger partial charge in [-0.15, -0.1) is 0 Å². The molecule has 9 nitrogen and oxygen atoms in total. The molecule has 0 aromatic rings. The molecule has 1 saturated heterocycles. The van der Waals surface area contributed by atoms with Crippen LogP contribution < -0.4 is 5.32 Å². The highest BCUT2D eigenvalue weighted by Crippen LogP contribution is 2.22. The molecule has 1 aliphatic heterocycles. The van der Waals surface area contributed by atoms with Crippen LogP contribution in [0.15, 0.2) is 122 Å². The lowest BCUT2D eigenvalue weighted by Crippen LogP contribution is -2.60. The van der Waals surface area contributed by atoms with Gasteiger partial charge in [-0.25, -0.2) is 0 Å². The summed E-state index contributed by atoms with van der Waals surface area (Å²) in [5, 5.41) is 54.4. The molecule has 70 heavy (non-hydrogen) atoms. The molecule has 1 aliphatic rings. The lowest BCUT2D eigenvalue weighted by Gasteiger charge is -2.40. The van der Waals surface area contributed by atoms with Gasteiger partial charge in [-0.2, -0.15) is 0 Å². The molecule has 0 aliphatic carbocycles. The zero-order chi connectivity index (χ0) is 50.8. The van der Waals surface area contributed by atoms with Crippen molar-refractivity contribution in [3.8, 4) is 0 Å². The molecule has 398 valence electrons. The average Bonchev–Trinajstić information content (AvgIpc) is 3.36. The number of carbonyl (C=O) groups excluding carboxylic acids is 1. The third-order valence-corrected chi connectivity index (χ3v) is 12.2. The van der Waals surface area contributed by atoms with E-state index in [9.17, 15) is 30.3 Å². The van der Waals surface area contributed by atoms with Gasteiger partial charge in [-0.1, -0.05) is 219 Å². The van der Waals surface area contributed by atoms with E-state index in [0.717, 1.165) is 77.0 Å². The summed E-state index contributed by atoms with van der Waals surface area (Å²) in [6.45, 7) is 3.60. The summed E-state index contributed by atoms with van der Waals surface area (Å²) in [6, 6.07) is -0.869. The summed E-state index contributed by atoms with van der Waals surface area (Å²) in [5.74, 6) is -0.253. The zero-order valence-corrected chi connectivity index (χ0v) is 44.0. The van der Waals surface area contributed by atoms with Crippen molar-refractivity contribution in [3.05, 3.63) is 122 Å². The fourth-order valence-electron chi connectivity index (χ4n) is 7.88. The van der Waals surface area contributed by atoms with Crippen LogP contribution in [-0.4, -0.2) is 87.5 Å². The monoisotopic (exact) mass is 976 g/mol. The van der Waals surface area contributed by atoms with Crippen LogP contribution in [0.1, 0.15) is 200 Å². The van der Waals surface area contributed by atoms with Crippen LogP contribution in [0.2, 0.25) is 0 Å². The summed E-state index contributed by atoms with van der Waals surface area (Å²) < 4.78 is 11.2. The maximum atomic E-state index is 13.0. The predicted octanol–water partition coefficient (Wildman–Crippen LogP) is 13.6. The Hall–Kier alpha value is -3.41. The van der Waals surface area contributed by atoms with Gasteiger partial charge >= 0.3 is 0 Å². The molecular weight excluding hydrogens is 875 g/mol. The first-order valence-corrected chi connectivity index (χ1v) is 27.8. The van der Waals surface area contributed by atoms with Crippen molar-refractivity contribution < 1.29 is 39.8 Å². The molecule has 1 rings (SSSR count). The first-order chi connectivity index (χ1) is 34.3. The molecule has 1 amide bonds. The van der Waals surface area contributed by atoms with E-state index >= 15 is 0 Å². The predicted molar refractivity (Wildman–Crippen MR) is 294 cm³/mol. The molecule has 1 heterocycles. The third-order valence-electron chi connectivity index (χ3n) is 12.2. The van der Waals surface area contributed by atoms with Gasteiger partial charge in [-0.3, -0.25) is 4.79 Å². The Balaban J connectivity index is 2.36. The van der Waals surface area contributed by atoms with Crippen molar-refractivity contribution >= 4 is 5.91 Å². The third kappa shape index (κ3) is 38.3. The number of hydrogen-bond donors (Lipinski definition) is 6. The smallest absolute Gasteiger partial charge is 0.220 e. The van der Waals surface area contributed by atoms with E-state index in [1.165, 1.54) is 89.9 Å². The summed E-state index contributed by atoms with van der Waals surface area (Å²) in [7, 11) is 0. The Labute approximate surface area is 427 Å². The minimum absolute atomic E-state index is 0.237. The van der Waals surface area contributed by atoms with Crippen molar-refractivity contribution in [2.45, 2.75) is 243 Å². The average molecular weight is 976 g/mol. The summed E-state index contributed by atoms with van der Waals surface area (Å²) in [4.78, 5) is 13.0. The molecule has 0 bridgehead atoms. The van der Waals surface area contributed by atoms with Gasteiger partial charge in [0.15, 0.2) is 6.29 Å². The van der Waals surface area contributed by atoms with E-state index in [1.807, 2.05) is 6.08 Å². The quantitative estimate of drug-likeness (QED) is 0.0261. The topological polar surface area (TPSA) is 149 Å². The first kappa shape index (κ1) is 64.6. The van der Waals surface area contributed by atoms with Gasteiger partial charge in [0.05, 0.1) is 25.4 Å². The van der Waals surface area contributed by atoms with Gasteiger partial charge in [0, 0.05) is 6.42 Å². The Bertz CT molecular complexity index is 1510.